The third-order valence-electron chi connectivity index (χ3n) is 3.83. The van der Waals surface area contributed by atoms with Gasteiger partial charge in [0.05, 0.1) is 12.2 Å². The minimum Gasteiger partial charge on any atom is -0.444 e. The van der Waals surface area contributed by atoms with Crippen molar-refractivity contribution >= 4 is 0 Å². The molecule has 0 spiro atoms. The zero-order valence-electron chi connectivity index (χ0n) is 10.8. The van der Waals surface area contributed by atoms with Crippen molar-refractivity contribution in [2.45, 2.75) is 59.5 Å². The Balaban J connectivity index is 1.92. The Labute approximate surface area is 97.6 Å². The first-order valence-electron chi connectivity index (χ1n) is 6.15. The van der Waals surface area contributed by atoms with Gasteiger partial charge < -0.3 is 9.73 Å². The highest BCUT2D eigenvalue weighted by molar-refractivity contribution is 5.05. The topological polar surface area (TPSA) is 38.1 Å². The Hall–Kier alpha value is -0.830. The zero-order chi connectivity index (χ0) is 11.8. The average molecular weight is 222 g/mol. The Morgan fingerprint density at radius 2 is 2.19 bits per heavy atom. The van der Waals surface area contributed by atoms with E-state index in [1.165, 1.54) is 19.3 Å². The molecule has 1 unspecified atom stereocenters. The van der Waals surface area contributed by atoms with Gasteiger partial charge in [-0.3, -0.25) is 0 Å². The van der Waals surface area contributed by atoms with Crippen LogP contribution in [-0.2, 0) is 6.54 Å². The zero-order valence-corrected chi connectivity index (χ0v) is 10.8. The SMILES string of the molecule is Cc1nc(CNC2CCCC2(C)C)oc1C. The number of nitrogens with zero attached hydrogens (tertiary/aromatic N) is 1. The van der Waals surface area contributed by atoms with Gasteiger partial charge in [-0.25, -0.2) is 4.98 Å². The van der Waals surface area contributed by atoms with E-state index in [1.807, 2.05) is 13.8 Å². The Morgan fingerprint density at radius 1 is 1.44 bits per heavy atom. The van der Waals surface area contributed by atoms with Crippen molar-refractivity contribution in [2.75, 3.05) is 0 Å². The van der Waals surface area contributed by atoms with Gasteiger partial charge in [0.15, 0.2) is 0 Å². The highest BCUT2D eigenvalue weighted by Crippen LogP contribution is 2.37. The molecule has 1 heterocycles. The van der Waals surface area contributed by atoms with Gasteiger partial charge >= 0.3 is 0 Å². The lowest BCUT2D eigenvalue weighted by atomic mass is 9.87. The lowest BCUT2D eigenvalue weighted by Crippen LogP contribution is -2.37. The lowest BCUT2D eigenvalue weighted by Gasteiger charge is -2.27. The van der Waals surface area contributed by atoms with Gasteiger partial charge in [-0.15, -0.1) is 0 Å². The van der Waals surface area contributed by atoms with Gasteiger partial charge in [0.1, 0.15) is 5.76 Å². The summed E-state index contributed by atoms with van der Waals surface area (Å²) in [6, 6.07) is 0.597. The molecule has 2 rings (SSSR count). The molecule has 3 nitrogen and oxygen atoms in total. The van der Waals surface area contributed by atoms with Crippen molar-refractivity contribution in [3.05, 3.63) is 17.3 Å². The molecule has 1 fully saturated rings. The van der Waals surface area contributed by atoms with Gasteiger partial charge in [0.25, 0.3) is 0 Å². The van der Waals surface area contributed by atoms with Crippen LogP contribution in [0.1, 0.15) is 50.5 Å². The normalized spacial score (nSPS) is 23.9. The summed E-state index contributed by atoms with van der Waals surface area (Å²) < 4.78 is 5.57. The van der Waals surface area contributed by atoms with Gasteiger partial charge in [-0.05, 0) is 32.1 Å². The molecule has 0 aromatic carbocycles. The molecule has 0 amide bonds. The van der Waals surface area contributed by atoms with Crippen LogP contribution in [-0.4, -0.2) is 11.0 Å². The number of nitrogens with one attached hydrogen (secondary N) is 1. The summed E-state index contributed by atoms with van der Waals surface area (Å²) in [6.45, 7) is 9.38. The second-order valence-corrected chi connectivity index (χ2v) is 5.56. The minimum absolute atomic E-state index is 0.413. The first-order chi connectivity index (χ1) is 7.49. The van der Waals surface area contributed by atoms with Crippen molar-refractivity contribution in [1.29, 1.82) is 0 Å². The monoisotopic (exact) mass is 222 g/mol. The molecule has 0 bridgehead atoms. The molecule has 90 valence electrons. The lowest BCUT2D eigenvalue weighted by molar-refractivity contribution is 0.273. The van der Waals surface area contributed by atoms with Crippen LogP contribution in [0.4, 0.5) is 0 Å². The van der Waals surface area contributed by atoms with Gasteiger partial charge in [0.2, 0.25) is 5.89 Å². The van der Waals surface area contributed by atoms with Gasteiger partial charge in [-0.2, -0.15) is 0 Å². The van der Waals surface area contributed by atoms with Crippen LogP contribution in [0.2, 0.25) is 0 Å². The van der Waals surface area contributed by atoms with E-state index < -0.39 is 0 Å². The van der Waals surface area contributed by atoms with E-state index in [9.17, 15) is 0 Å². The number of oxazole rings is 1. The second-order valence-electron chi connectivity index (χ2n) is 5.56. The van der Waals surface area contributed by atoms with Crippen molar-refractivity contribution < 1.29 is 4.42 Å². The third kappa shape index (κ3) is 2.29. The molecular weight excluding hydrogens is 200 g/mol. The van der Waals surface area contributed by atoms with E-state index in [1.54, 1.807) is 0 Å². The molecule has 1 aromatic rings. The van der Waals surface area contributed by atoms with Crippen molar-refractivity contribution in [3.63, 3.8) is 0 Å². The van der Waals surface area contributed by atoms with Crippen molar-refractivity contribution in [1.82, 2.24) is 10.3 Å². The van der Waals surface area contributed by atoms with E-state index in [-0.39, 0.29) is 0 Å². The maximum atomic E-state index is 5.57. The molecule has 1 aliphatic rings. The fourth-order valence-corrected chi connectivity index (χ4v) is 2.53. The number of hydrogen-bond donors (Lipinski definition) is 1. The predicted octanol–water partition coefficient (Wildman–Crippen LogP) is 2.96. The van der Waals surface area contributed by atoms with Crippen LogP contribution in [0.25, 0.3) is 0 Å². The number of rotatable bonds is 3. The molecule has 0 aliphatic heterocycles. The highest BCUT2D eigenvalue weighted by atomic mass is 16.4. The van der Waals surface area contributed by atoms with Crippen molar-refractivity contribution in [2.24, 2.45) is 5.41 Å². The van der Waals surface area contributed by atoms with Crippen LogP contribution in [0, 0.1) is 19.3 Å². The molecule has 1 aliphatic carbocycles. The molecule has 1 N–H and O–H groups in total. The molecule has 3 heteroatoms. The first kappa shape index (κ1) is 11.6. The minimum atomic E-state index is 0.413. The van der Waals surface area contributed by atoms with Crippen molar-refractivity contribution in [3.8, 4) is 0 Å². The Bertz CT molecular complexity index is 349. The standard InChI is InChI=1S/C13H22N2O/c1-9-10(2)16-12(15-9)8-14-11-6-5-7-13(11,3)4/h11,14H,5-8H2,1-4H3. The molecule has 1 aromatic heterocycles. The average Bonchev–Trinajstić information content (AvgIpc) is 2.68. The van der Waals surface area contributed by atoms with Gasteiger partial charge in [0, 0.05) is 6.04 Å². The molecule has 1 atom stereocenters. The summed E-state index contributed by atoms with van der Waals surface area (Å²) >= 11 is 0. The quantitative estimate of drug-likeness (QED) is 0.854. The van der Waals surface area contributed by atoms with E-state index in [0.29, 0.717) is 11.5 Å². The van der Waals surface area contributed by atoms with E-state index >= 15 is 0 Å². The maximum Gasteiger partial charge on any atom is 0.208 e. The smallest absolute Gasteiger partial charge is 0.208 e. The maximum absolute atomic E-state index is 5.57. The summed E-state index contributed by atoms with van der Waals surface area (Å²) in [4.78, 5) is 4.39. The second kappa shape index (κ2) is 4.21. The fraction of sp³-hybridized carbons (Fsp3) is 0.769. The Kier molecular flexibility index (Phi) is 3.06. The number of hydrogen-bond acceptors (Lipinski definition) is 3. The summed E-state index contributed by atoms with van der Waals surface area (Å²) in [5, 5.41) is 3.57. The van der Waals surface area contributed by atoms with Gasteiger partial charge in [-0.1, -0.05) is 20.3 Å². The summed E-state index contributed by atoms with van der Waals surface area (Å²) in [5.41, 5.74) is 1.42. The van der Waals surface area contributed by atoms with E-state index in [4.69, 9.17) is 4.42 Å². The first-order valence-corrected chi connectivity index (χ1v) is 6.15. The number of aryl methyl sites for hydroxylation is 2. The molecular formula is C13H22N2O. The van der Waals surface area contributed by atoms with Crippen LogP contribution >= 0.6 is 0 Å². The molecule has 1 saturated carbocycles. The molecule has 16 heavy (non-hydrogen) atoms. The van der Waals surface area contributed by atoms with E-state index in [2.05, 4.69) is 24.1 Å². The highest BCUT2D eigenvalue weighted by Gasteiger charge is 2.34. The van der Waals surface area contributed by atoms with Crippen LogP contribution in [0.5, 0.6) is 0 Å². The summed E-state index contributed by atoms with van der Waals surface area (Å²) in [7, 11) is 0. The summed E-state index contributed by atoms with van der Waals surface area (Å²) in [5.74, 6) is 1.75. The van der Waals surface area contributed by atoms with Crippen LogP contribution in [0.15, 0.2) is 4.42 Å². The van der Waals surface area contributed by atoms with Crippen LogP contribution < -0.4 is 5.32 Å². The fourth-order valence-electron chi connectivity index (χ4n) is 2.53. The largest absolute Gasteiger partial charge is 0.444 e. The van der Waals surface area contributed by atoms with E-state index in [0.717, 1.165) is 23.9 Å². The Morgan fingerprint density at radius 3 is 2.69 bits per heavy atom. The summed E-state index contributed by atoms with van der Waals surface area (Å²) in [6.07, 6.45) is 3.91. The number of aromatic nitrogens is 1. The molecule has 0 saturated heterocycles. The van der Waals surface area contributed by atoms with Crippen LogP contribution in [0.3, 0.4) is 0 Å². The molecule has 0 radical (unpaired) electrons. The predicted molar refractivity (Wildman–Crippen MR) is 64.2 cm³/mol. The third-order valence-corrected chi connectivity index (χ3v) is 3.83.